The molecule has 0 aliphatic heterocycles. The Hall–Kier alpha value is -0.810. The summed E-state index contributed by atoms with van der Waals surface area (Å²) in [6, 6.07) is 3.31. The van der Waals surface area contributed by atoms with Crippen LogP contribution in [-0.2, 0) is 0 Å². The fourth-order valence-corrected chi connectivity index (χ4v) is 1.33. The molecule has 0 aliphatic rings. The Balaban J connectivity index is 2.75. The third kappa shape index (κ3) is 1.15. The monoisotopic (exact) mass is 203 g/mol. The van der Waals surface area contributed by atoms with E-state index in [1.165, 1.54) is 10.3 Å². The molecule has 2 rings (SSSR count). The summed E-state index contributed by atoms with van der Waals surface area (Å²) in [7, 11) is 0. The zero-order valence-electron chi connectivity index (χ0n) is 5.74. The van der Waals surface area contributed by atoms with Gasteiger partial charge in [-0.25, -0.2) is 13.9 Å². The number of nitrogens with zero attached hydrogens (tertiary/aromatic N) is 3. The van der Waals surface area contributed by atoms with Crippen LogP contribution in [0.1, 0.15) is 0 Å². The van der Waals surface area contributed by atoms with E-state index in [-0.39, 0.29) is 12.3 Å². The lowest BCUT2D eigenvalue weighted by Crippen LogP contribution is -1.83. The van der Waals surface area contributed by atoms with Gasteiger partial charge in [0.2, 0.25) is 0 Å². The van der Waals surface area contributed by atoms with E-state index in [0.29, 0.717) is 16.3 Å². The van der Waals surface area contributed by atoms with Crippen LogP contribution in [0.4, 0.5) is 3.89 Å². The van der Waals surface area contributed by atoms with Crippen LogP contribution in [-0.4, -0.2) is 13.9 Å². The normalized spacial score (nSPS) is 10.8. The van der Waals surface area contributed by atoms with Crippen LogP contribution in [0.2, 0.25) is 5.15 Å². The molecule has 0 saturated heterocycles. The van der Waals surface area contributed by atoms with Gasteiger partial charge in [-0.2, -0.15) is 0 Å². The smallest absolute Gasteiger partial charge is 0.173 e. The maximum absolute atomic E-state index is 12.2. The first-order valence-electron chi connectivity index (χ1n) is 3.10. The van der Waals surface area contributed by atoms with E-state index < -0.39 is 0 Å². The molecule has 0 atom stereocenters. The summed E-state index contributed by atoms with van der Waals surface area (Å²) in [5, 5.41) is 0.332. The molecule has 12 heavy (non-hydrogen) atoms. The van der Waals surface area contributed by atoms with Crippen LogP contribution >= 0.6 is 23.9 Å². The van der Waals surface area contributed by atoms with Crippen LogP contribution in [0.5, 0.6) is 0 Å². The number of fused-ring (bicyclic) bond motifs is 1. The summed E-state index contributed by atoms with van der Waals surface area (Å²) >= 11 is 5.67. The van der Waals surface area contributed by atoms with E-state index in [1.807, 2.05) is 0 Å². The SMILES string of the molecule is FSn1cnc2ccc(Cl)nc21. The molecular formula is C6H3ClFN3S. The van der Waals surface area contributed by atoms with E-state index in [4.69, 9.17) is 11.6 Å². The number of hydrogen-bond donors (Lipinski definition) is 0. The van der Waals surface area contributed by atoms with Gasteiger partial charge in [0, 0.05) is 0 Å². The number of hydrogen-bond acceptors (Lipinski definition) is 3. The first-order chi connectivity index (χ1) is 5.81. The number of rotatable bonds is 1. The van der Waals surface area contributed by atoms with Crippen LogP contribution in [0.25, 0.3) is 11.2 Å². The van der Waals surface area contributed by atoms with Crippen molar-refractivity contribution in [3.63, 3.8) is 0 Å². The highest BCUT2D eigenvalue weighted by atomic mass is 35.5. The number of aromatic nitrogens is 3. The molecule has 62 valence electrons. The van der Waals surface area contributed by atoms with Crippen LogP contribution in [0.15, 0.2) is 18.5 Å². The predicted molar refractivity (Wildman–Crippen MR) is 46.6 cm³/mol. The molecule has 0 unspecified atom stereocenters. The van der Waals surface area contributed by atoms with E-state index in [2.05, 4.69) is 9.97 Å². The fraction of sp³-hybridized carbons (Fsp3) is 0. The minimum atomic E-state index is 0.0467. The zero-order valence-corrected chi connectivity index (χ0v) is 7.31. The van der Waals surface area contributed by atoms with Crippen LogP contribution < -0.4 is 0 Å². The standard InChI is InChI=1S/C6H3ClFN3S/c7-5-2-1-4-6(10-5)11(12-8)3-9-4/h1-3H. The molecule has 0 aliphatic carbocycles. The Morgan fingerprint density at radius 2 is 2.33 bits per heavy atom. The minimum absolute atomic E-state index is 0.0467. The summed E-state index contributed by atoms with van der Waals surface area (Å²) in [5.41, 5.74) is 1.07. The molecule has 0 fully saturated rings. The predicted octanol–water partition coefficient (Wildman–Crippen LogP) is 2.47. The Labute approximate surface area is 77.0 Å². The summed E-state index contributed by atoms with van der Waals surface area (Å²) in [4.78, 5) is 7.82. The van der Waals surface area contributed by atoms with E-state index in [1.54, 1.807) is 12.1 Å². The number of imidazole rings is 1. The number of pyridine rings is 1. The van der Waals surface area contributed by atoms with E-state index in [0.717, 1.165) is 0 Å². The van der Waals surface area contributed by atoms with Crippen molar-refractivity contribution in [2.45, 2.75) is 0 Å². The van der Waals surface area contributed by atoms with Crippen molar-refractivity contribution >= 4 is 35.1 Å². The van der Waals surface area contributed by atoms with Gasteiger partial charge in [0.25, 0.3) is 0 Å². The number of halogens is 2. The molecule has 6 heteroatoms. The van der Waals surface area contributed by atoms with E-state index in [9.17, 15) is 3.89 Å². The average molecular weight is 204 g/mol. The van der Waals surface area contributed by atoms with Crippen LogP contribution in [0, 0.1) is 0 Å². The molecule has 0 radical (unpaired) electrons. The molecular weight excluding hydrogens is 201 g/mol. The maximum Gasteiger partial charge on any atom is 0.173 e. The van der Waals surface area contributed by atoms with Gasteiger partial charge in [-0.15, -0.1) is 3.89 Å². The Morgan fingerprint density at radius 1 is 1.50 bits per heavy atom. The van der Waals surface area contributed by atoms with Gasteiger partial charge in [0.15, 0.2) is 18.0 Å². The highest BCUT2D eigenvalue weighted by Crippen LogP contribution is 2.18. The fourth-order valence-electron chi connectivity index (χ4n) is 0.901. The lowest BCUT2D eigenvalue weighted by atomic mass is 10.4. The highest BCUT2D eigenvalue weighted by Gasteiger charge is 2.04. The van der Waals surface area contributed by atoms with Crippen molar-refractivity contribution < 1.29 is 3.89 Å². The lowest BCUT2D eigenvalue weighted by molar-refractivity contribution is 0.917. The first-order valence-corrected chi connectivity index (χ1v) is 4.15. The van der Waals surface area contributed by atoms with Gasteiger partial charge in [0.1, 0.15) is 17.0 Å². The molecule has 3 nitrogen and oxygen atoms in total. The van der Waals surface area contributed by atoms with Crippen molar-refractivity contribution in [3.05, 3.63) is 23.6 Å². The summed E-state index contributed by atoms with van der Waals surface area (Å²) in [6.07, 6.45) is 1.36. The largest absolute Gasteiger partial charge is 0.234 e. The maximum atomic E-state index is 12.2. The Kier molecular flexibility index (Phi) is 1.90. The molecule has 0 N–H and O–H groups in total. The summed E-state index contributed by atoms with van der Waals surface area (Å²) < 4.78 is 13.4. The van der Waals surface area contributed by atoms with Gasteiger partial charge in [-0.3, -0.25) is 0 Å². The van der Waals surface area contributed by atoms with Gasteiger partial charge >= 0.3 is 0 Å². The van der Waals surface area contributed by atoms with Gasteiger partial charge in [-0.05, 0) is 12.1 Å². The average Bonchev–Trinajstić information content (AvgIpc) is 2.46. The zero-order chi connectivity index (χ0) is 8.55. The molecule has 2 aromatic heterocycles. The third-order valence-corrected chi connectivity index (χ3v) is 2.03. The van der Waals surface area contributed by atoms with Gasteiger partial charge < -0.3 is 0 Å². The molecule has 2 heterocycles. The molecule has 0 spiro atoms. The van der Waals surface area contributed by atoms with Crippen molar-refractivity contribution in [1.29, 1.82) is 0 Å². The second kappa shape index (κ2) is 2.91. The van der Waals surface area contributed by atoms with Gasteiger partial charge in [-0.1, -0.05) is 11.6 Å². The van der Waals surface area contributed by atoms with Crippen molar-refractivity contribution in [3.8, 4) is 0 Å². The molecule has 0 amide bonds. The van der Waals surface area contributed by atoms with Gasteiger partial charge in [0.05, 0.1) is 0 Å². The molecule has 2 aromatic rings. The van der Waals surface area contributed by atoms with Crippen molar-refractivity contribution in [2.24, 2.45) is 0 Å². The summed E-state index contributed by atoms with van der Waals surface area (Å²) in [6.45, 7) is 0. The van der Waals surface area contributed by atoms with Crippen molar-refractivity contribution in [1.82, 2.24) is 13.9 Å². The van der Waals surface area contributed by atoms with Crippen LogP contribution in [0.3, 0.4) is 0 Å². The lowest BCUT2D eigenvalue weighted by Gasteiger charge is -1.92. The first kappa shape index (κ1) is 7.82. The molecule has 0 aromatic carbocycles. The second-order valence-electron chi connectivity index (χ2n) is 2.12. The minimum Gasteiger partial charge on any atom is -0.234 e. The summed E-state index contributed by atoms with van der Waals surface area (Å²) in [5.74, 6) is 0. The molecule has 0 saturated carbocycles. The highest BCUT2D eigenvalue weighted by molar-refractivity contribution is 7.92. The second-order valence-corrected chi connectivity index (χ2v) is 3.03. The van der Waals surface area contributed by atoms with E-state index >= 15 is 0 Å². The topological polar surface area (TPSA) is 30.7 Å². The quantitative estimate of drug-likeness (QED) is 0.667. The van der Waals surface area contributed by atoms with Crippen molar-refractivity contribution in [2.75, 3.05) is 0 Å². The Bertz CT molecular complexity index is 416. The Morgan fingerprint density at radius 3 is 3.08 bits per heavy atom. The molecule has 0 bridgehead atoms. The third-order valence-electron chi connectivity index (χ3n) is 1.41.